The Balaban J connectivity index is 2.43. The van der Waals surface area contributed by atoms with Gasteiger partial charge in [0.2, 0.25) is 0 Å². The third-order valence-corrected chi connectivity index (χ3v) is 2.76. The zero-order chi connectivity index (χ0) is 8.77. The number of hydrogen-bond acceptors (Lipinski definition) is 3. The van der Waals surface area contributed by atoms with E-state index < -0.39 is 11.4 Å². The summed E-state index contributed by atoms with van der Waals surface area (Å²) in [4.78, 5) is 22.4. The van der Waals surface area contributed by atoms with Crippen molar-refractivity contribution in [3.05, 3.63) is 12.2 Å². The molecule has 0 saturated carbocycles. The molecular formula is C9H10O3. The van der Waals surface area contributed by atoms with Gasteiger partial charge in [-0.05, 0) is 19.8 Å². The fourth-order valence-corrected chi connectivity index (χ4v) is 1.82. The summed E-state index contributed by atoms with van der Waals surface area (Å²) in [5.74, 6) is -1.08. The SMILES string of the molecule is CC12CCC=CC1C(=O)OC2=O. The maximum Gasteiger partial charge on any atom is 0.321 e. The molecule has 0 aromatic heterocycles. The number of rotatable bonds is 0. The maximum atomic E-state index is 11.3. The van der Waals surface area contributed by atoms with Crippen LogP contribution in [0.25, 0.3) is 0 Å². The van der Waals surface area contributed by atoms with Gasteiger partial charge in [0, 0.05) is 0 Å². The topological polar surface area (TPSA) is 43.4 Å². The molecule has 64 valence electrons. The van der Waals surface area contributed by atoms with Crippen molar-refractivity contribution in [1.82, 2.24) is 0 Å². The van der Waals surface area contributed by atoms with Crippen molar-refractivity contribution >= 4 is 11.9 Å². The first-order valence-electron chi connectivity index (χ1n) is 4.07. The minimum atomic E-state index is -0.578. The minimum absolute atomic E-state index is 0.334. The zero-order valence-corrected chi connectivity index (χ0v) is 6.87. The van der Waals surface area contributed by atoms with Gasteiger partial charge in [-0.15, -0.1) is 0 Å². The molecule has 0 bridgehead atoms. The Labute approximate surface area is 70.4 Å². The van der Waals surface area contributed by atoms with Crippen LogP contribution in [0.5, 0.6) is 0 Å². The van der Waals surface area contributed by atoms with E-state index in [1.54, 1.807) is 13.0 Å². The molecule has 0 amide bonds. The van der Waals surface area contributed by atoms with Crippen molar-refractivity contribution in [3.63, 3.8) is 0 Å². The van der Waals surface area contributed by atoms with Crippen LogP contribution in [0.1, 0.15) is 19.8 Å². The lowest BCUT2D eigenvalue weighted by Gasteiger charge is -2.25. The molecule has 1 aliphatic heterocycles. The molecule has 2 atom stereocenters. The maximum absolute atomic E-state index is 11.3. The standard InChI is InChI=1S/C9H10O3/c1-9-5-3-2-4-6(9)7(10)12-8(9)11/h2,4,6H,3,5H2,1H3. The zero-order valence-electron chi connectivity index (χ0n) is 6.87. The van der Waals surface area contributed by atoms with E-state index in [2.05, 4.69) is 4.74 Å². The van der Waals surface area contributed by atoms with E-state index in [0.29, 0.717) is 0 Å². The van der Waals surface area contributed by atoms with Gasteiger partial charge in [-0.25, -0.2) is 0 Å². The van der Waals surface area contributed by atoms with Gasteiger partial charge >= 0.3 is 11.9 Å². The normalized spacial score (nSPS) is 39.6. The highest BCUT2D eigenvalue weighted by Crippen LogP contribution is 2.43. The molecule has 0 radical (unpaired) electrons. The molecule has 0 aromatic carbocycles. The predicted molar refractivity (Wildman–Crippen MR) is 41.1 cm³/mol. The molecule has 3 nitrogen and oxygen atoms in total. The van der Waals surface area contributed by atoms with Crippen LogP contribution in [-0.4, -0.2) is 11.9 Å². The molecule has 0 N–H and O–H groups in total. The van der Waals surface area contributed by atoms with Crippen LogP contribution in [0.4, 0.5) is 0 Å². The Morgan fingerprint density at radius 1 is 1.58 bits per heavy atom. The molecule has 1 fully saturated rings. The Bertz CT molecular complexity index is 279. The monoisotopic (exact) mass is 166 g/mol. The van der Waals surface area contributed by atoms with Gasteiger partial charge in [-0.2, -0.15) is 0 Å². The van der Waals surface area contributed by atoms with Crippen LogP contribution in [0.3, 0.4) is 0 Å². The number of carbonyl (C=O) groups excluding carboxylic acids is 2. The van der Waals surface area contributed by atoms with E-state index >= 15 is 0 Å². The lowest BCUT2D eigenvalue weighted by Crippen LogP contribution is -2.31. The van der Waals surface area contributed by atoms with Crippen molar-refractivity contribution in [2.45, 2.75) is 19.8 Å². The Kier molecular flexibility index (Phi) is 1.37. The van der Waals surface area contributed by atoms with Gasteiger partial charge in [0.1, 0.15) is 0 Å². The van der Waals surface area contributed by atoms with Crippen molar-refractivity contribution < 1.29 is 14.3 Å². The van der Waals surface area contributed by atoms with Crippen molar-refractivity contribution in [2.75, 3.05) is 0 Å². The largest absolute Gasteiger partial charge is 0.392 e. The van der Waals surface area contributed by atoms with Crippen molar-refractivity contribution in [2.24, 2.45) is 11.3 Å². The van der Waals surface area contributed by atoms with Crippen LogP contribution >= 0.6 is 0 Å². The molecule has 2 aliphatic rings. The summed E-state index contributed by atoms with van der Waals surface area (Å²) in [7, 11) is 0. The summed E-state index contributed by atoms with van der Waals surface area (Å²) >= 11 is 0. The molecule has 12 heavy (non-hydrogen) atoms. The molecular weight excluding hydrogens is 156 g/mol. The number of fused-ring (bicyclic) bond motifs is 1. The van der Waals surface area contributed by atoms with Gasteiger partial charge in [0.25, 0.3) is 0 Å². The molecule has 3 heteroatoms. The number of ether oxygens (including phenoxy) is 1. The van der Waals surface area contributed by atoms with Gasteiger partial charge in [-0.1, -0.05) is 12.2 Å². The second-order valence-corrected chi connectivity index (χ2v) is 3.57. The summed E-state index contributed by atoms with van der Waals surface area (Å²) in [5, 5.41) is 0. The first kappa shape index (κ1) is 7.53. The summed E-state index contributed by atoms with van der Waals surface area (Å²) in [6.07, 6.45) is 5.30. The van der Waals surface area contributed by atoms with E-state index in [1.807, 2.05) is 6.08 Å². The number of hydrogen-bond donors (Lipinski definition) is 0. The average molecular weight is 166 g/mol. The summed E-state index contributed by atoms with van der Waals surface area (Å²) < 4.78 is 4.58. The van der Waals surface area contributed by atoms with Gasteiger partial charge in [0.15, 0.2) is 0 Å². The number of carbonyl (C=O) groups is 2. The first-order chi connectivity index (χ1) is 5.64. The van der Waals surface area contributed by atoms with Crippen LogP contribution in [0.15, 0.2) is 12.2 Å². The number of esters is 2. The second kappa shape index (κ2) is 2.19. The molecule has 0 spiro atoms. The lowest BCUT2D eigenvalue weighted by molar-refractivity contribution is -0.155. The van der Waals surface area contributed by atoms with Crippen LogP contribution < -0.4 is 0 Å². The summed E-state index contributed by atoms with van der Waals surface area (Å²) in [5.41, 5.74) is -0.578. The number of cyclic esters (lactones) is 2. The fraction of sp³-hybridized carbons (Fsp3) is 0.556. The minimum Gasteiger partial charge on any atom is -0.392 e. The third kappa shape index (κ3) is 0.763. The van der Waals surface area contributed by atoms with Crippen LogP contribution in [-0.2, 0) is 14.3 Å². The van der Waals surface area contributed by atoms with E-state index in [4.69, 9.17) is 0 Å². The van der Waals surface area contributed by atoms with Gasteiger partial charge in [-0.3, -0.25) is 9.59 Å². The quantitative estimate of drug-likeness (QED) is 0.307. The molecule has 1 aliphatic carbocycles. The highest BCUT2D eigenvalue weighted by atomic mass is 16.6. The van der Waals surface area contributed by atoms with E-state index in [1.165, 1.54) is 0 Å². The van der Waals surface area contributed by atoms with Crippen LogP contribution in [0.2, 0.25) is 0 Å². The highest BCUT2D eigenvalue weighted by Gasteiger charge is 2.53. The highest BCUT2D eigenvalue weighted by molar-refractivity contribution is 6.00. The van der Waals surface area contributed by atoms with Crippen LogP contribution in [0, 0.1) is 11.3 Å². The molecule has 1 heterocycles. The van der Waals surface area contributed by atoms with Crippen molar-refractivity contribution in [1.29, 1.82) is 0 Å². The van der Waals surface area contributed by atoms with Gasteiger partial charge < -0.3 is 4.74 Å². The molecule has 2 rings (SSSR count). The number of allylic oxidation sites excluding steroid dienone is 1. The fourth-order valence-electron chi connectivity index (χ4n) is 1.82. The Morgan fingerprint density at radius 3 is 3.00 bits per heavy atom. The molecule has 2 unspecified atom stereocenters. The molecule has 1 saturated heterocycles. The summed E-state index contributed by atoms with van der Waals surface area (Å²) in [6.45, 7) is 1.80. The van der Waals surface area contributed by atoms with Gasteiger partial charge in [0.05, 0.1) is 11.3 Å². The lowest BCUT2D eigenvalue weighted by atomic mass is 9.72. The van der Waals surface area contributed by atoms with E-state index in [-0.39, 0.29) is 11.9 Å². The summed E-state index contributed by atoms with van der Waals surface area (Å²) in [6, 6.07) is 0. The average Bonchev–Trinajstić information content (AvgIpc) is 2.25. The molecule has 0 aromatic rings. The predicted octanol–water partition coefficient (Wildman–Crippen LogP) is 1.04. The smallest absolute Gasteiger partial charge is 0.321 e. The second-order valence-electron chi connectivity index (χ2n) is 3.57. The third-order valence-electron chi connectivity index (χ3n) is 2.76. The van der Waals surface area contributed by atoms with Crippen molar-refractivity contribution in [3.8, 4) is 0 Å². The van der Waals surface area contributed by atoms with E-state index in [9.17, 15) is 9.59 Å². The Hall–Kier alpha value is -1.12. The first-order valence-corrected chi connectivity index (χ1v) is 4.07. The Morgan fingerprint density at radius 2 is 2.33 bits per heavy atom. The van der Waals surface area contributed by atoms with E-state index in [0.717, 1.165) is 12.8 Å².